The Kier molecular flexibility index (Phi) is 2.94. The third-order valence-corrected chi connectivity index (χ3v) is 3.72. The summed E-state index contributed by atoms with van der Waals surface area (Å²) in [5.41, 5.74) is 3.50. The summed E-state index contributed by atoms with van der Waals surface area (Å²) in [4.78, 5) is 7.45. The Morgan fingerprint density at radius 2 is 1.89 bits per heavy atom. The first-order valence-electron chi connectivity index (χ1n) is 5.23. The van der Waals surface area contributed by atoms with Crippen molar-refractivity contribution in [2.75, 3.05) is 0 Å². The van der Waals surface area contributed by atoms with E-state index in [1.807, 2.05) is 18.3 Å². The van der Waals surface area contributed by atoms with Crippen molar-refractivity contribution in [3.63, 3.8) is 0 Å². The second-order valence-electron chi connectivity index (χ2n) is 3.88. The van der Waals surface area contributed by atoms with Crippen LogP contribution in [0.5, 0.6) is 0 Å². The monoisotopic (exact) mass is 296 g/mol. The minimum atomic E-state index is 0.436. The lowest BCUT2D eigenvalue weighted by Crippen LogP contribution is -1.84. The molecule has 3 aromatic rings. The van der Waals surface area contributed by atoms with Crippen LogP contribution in [-0.2, 0) is 0 Å². The van der Waals surface area contributed by atoms with Crippen LogP contribution in [-0.4, -0.2) is 9.97 Å². The quantitative estimate of drug-likeness (QED) is 0.615. The lowest BCUT2D eigenvalue weighted by atomic mass is 10.1. The Bertz CT molecular complexity index is 734. The molecule has 0 bridgehead atoms. The molecule has 0 aliphatic rings. The van der Waals surface area contributed by atoms with E-state index in [0.717, 1.165) is 22.2 Å². The number of halogens is 3. The average molecular weight is 298 g/mol. The zero-order valence-electron chi connectivity index (χ0n) is 9.05. The van der Waals surface area contributed by atoms with Gasteiger partial charge in [-0.1, -0.05) is 34.8 Å². The summed E-state index contributed by atoms with van der Waals surface area (Å²) in [5.74, 6) is 0. The first kappa shape index (κ1) is 11.8. The molecule has 0 saturated carbocycles. The highest BCUT2D eigenvalue weighted by molar-refractivity contribution is 6.45. The van der Waals surface area contributed by atoms with Crippen LogP contribution < -0.4 is 0 Å². The lowest BCUT2D eigenvalue weighted by Gasteiger charge is -2.07. The summed E-state index contributed by atoms with van der Waals surface area (Å²) in [6, 6.07) is 7.28. The van der Waals surface area contributed by atoms with E-state index < -0.39 is 0 Å². The van der Waals surface area contributed by atoms with Gasteiger partial charge >= 0.3 is 0 Å². The number of aromatic nitrogens is 2. The first-order valence-corrected chi connectivity index (χ1v) is 6.36. The molecule has 5 heteroatoms. The Morgan fingerprint density at radius 3 is 2.72 bits per heavy atom. The van der Waals surface area contributed by atoms with Gasteiger partial charge in [0.2, 0.25) is 0 Å². The van der Waals surface area contributed by atoms with Crippen molar-refractivity contribution in [2.24, 2.45) is 0 Å². The smallest absolute Gasteiger partial charge is 0.0879 e. The van der Waals surface area contributed by atoms with Crippen molar-refractivity contribution >= 4 is 45.8 Å². The summed E-state index contributed by atoms with van der Waals surface area (Å²) in [5, 5.41) is 1.46. The van der Waals surface area contributed by atoms with Gasteiger partial charge in [0.15, 0.2) is 0 Å². The van der Waals surface area contributed by atoms with Gasteiger partial charge in [-0.15, -0.1) is 0 Å². The number of H-pyrrole nitrogens is 1. The van der Waals surface area contributed by atoms with Crippen molar-refractivity contribution < 1.29 is 0 Å². The van der Waals surface area contributed by atoms with Crippen molar-refractivity contribution in [1.29, 1.82) is 0 Å². The Hall–Kier alpha value is -1.22. The first-order chi connectivity index (χ1) is 8.65. The summed E-state index contributed by atoms with van der Waals surface area (Å²) in [6.07, 6.45) is 3.60. The molecule has 2 heterocycles. The Balaban J connectivity index is 2.25. The van der Waals surface area contributed by atoms with E-state index in [9.17, 15) is 0 Å². The summed E-state index contributed by atoms with van der Waals surface area (Å²) >= 11 is 18.2. The molecule has 0 amide bonds. The molecule has 0 aliphatic carbocycles. The molecule has 1 aromatic carbocycles. The van der Waals surface area contributed by atoms with Gasteiger partial charge in [0.05, 0.1) is 21.1 Å². The fourth-order valence-electron chi connectivity index (χ4n) is 1.85. The third-order valence-electron chi connectivity index (χ3n) is 2.70. The van der Waals surface area contributed by atoms with Crippen LogP contribution in [0.3, 0.4) is 0 Å². The van der Waals surface area contributed by atoms with Crippen LogP contribution in [0.2, 0.25) is 15.1 Å². The Labute approximate surface area is 119 Å². The van der Waals surface area contributed by atoms with Gasteiger partial charge in [-0.2, -0.15) is 0 Å². The minimum absolute atomic E-state index is 0.436. The zero-order valence-corrected chi connectivity index (χ0v) is 11.3. The molecular formula is C13H7Cl3N2. The SMILES string of the molecule is Clc1cc(Cl)c(Cl)c(-c2cnc3cc[nH]c3c2)c1. The fraction of sp³-hybridized carbons (Fsp3) is 0. The zero-order chi connectivity index (χ0) is 12.7. The van der Waals surface area contributed by atoms with Crippen LogP contribution >= 0.6 is 34.8 Å². The van der Waals surface area contributed by atoms with Gasteiger partial charge in [-0.05, 0) is 24.3 Å². The summed E-state index contributed by atoms with van der Waals surface area (Å²) < 4.78 is 0. The highest BCUT2D eigenvalue weighted by atomic mass is 35.5. The number of pyridine rings is 1. The fourth-order valence-corrected chi connectivity index (χ4v) is 2.56. The molecule has 0 aliphatic heterocycles. The van der Waals surface area contributed by atoms with Crippen LogP contribution in [0, 0.1) is 0 Å². The molecule has 2 nitrogen and oxygen atoms in total. The maximum Gasteiger partial charge on any atom is 0.0879 e. The standard InChI is InChI=1S/C13H7Cl3N2/c14-8-4-9(13(16)10(15)5-8)7-3-12-11(18-6-7)1-2-17-12/h1-6,17H. The molecule has 1 N–H and O–H groups in total. The van der Waals surface area contributed by atoms with E-state index >= 15 is 0 Å². The Morgan fingerprint density at radius 1 is 1.06 bits per heavy atom. The van der Waals surface area contributed by atoms with Crippen LogP contribution in [0.15, 0.2) is 36.7 Å². The second kappa shape index (κ2) is 4.47. The summed E-state index contributed by atoms with van der Waals surface area (Å²) in [6.45, 7) is 0. The van der Waals surface area contributed by atoms with Gasteiger partial charge in [0.1, 0.15) is 0 Å². The van der Waals surface area contributed by atoms with Crippen molar-refractivity contribution in [2.45, 2.75) is 0 Å². The molecular weight excluding hydrogens is 291 g/mol. The second-order valence-corrected chi connectivity index (χ2v) is 5.11. The molecule has 90 valence electrons. The molecule has 0 atom stereocenters. The van der Waals surface area contributed by atoms with Crippen LogP contribution in [0.4, 0.5) is 0 Å². The number of fused-ring (bicyclic) bond motifs is 1. The largest absolute Gasteiger partial charge is 0.360 e. The topological polar surface area (TPSA) is 28.7 Å². The molecule has 0 radical (unpaired) electrons. The van der Waals surface area contributed by atoms with E-state index in [4.69, 9.17) is 34.8 Å². The number of nitrogens with one attached hydrogen (secondary N) is 1. The molecule has 0 unspecified atom stereocenters. The van der Waals surface area contributed by atoms with Crippen molar-refractivity contribution in [3.8, 4) is 11.1 Å². The molecule has 2 aromatic heterocycles. The maximum atomic E-state index is 6.20. The number of rotatable bonds is 1. The van der Waals surface area contributed by atoms with Gasteiger partial charge in [-0.3, -0.25) is 4.98 Å². The third kappa shape index (κ3) is 1.97. The molecule has 0 spiro atoms. The predicted octanol–water partition coefficient (Wildman–Crippen LogP) is 5.19. The maximum absolute atomic E-state index is 6.20. The highest BCUT2D eigenvalue weighted by Gasteiger charge is 2.10. The van der Waals surface area contributed by atoms with E-state index in [-0.39, 0.29) is 0 Å². The van der Waals surface area contributed by atoms with Crippen molar-refractivity contribution in [1.82, 2.24) is 9.97 Å². The summed E-state index contributed by atoms with van der Waals surface area (Å²) in [7, 11) is 0. The molecule has 18 heavy (non-hydrogen) atoms. The highest BCUT2D eigenvalue weighted by Crippen LogP contribution is 2.36. The van der Waals surface area contributed by atoms with E-state index in [1.165, 1.54) is 0 Å². The predicted molar refractivity (Wildman–Crippen MR) is 76.6 cm³/mol. The minimum Gasteiger partial charge on any atom is -0.360 e. The normalized spacial score (nSPS) is 11.1. The van der Waals surface area contributed by atoms with Crippen LogP contribution in [0.25, 0.3) is 22.2 Å². The molecule has 0 fully saturated rings. The lowest BCUT2D eigenvalue weighted by molar-refractivity contribution is 1.40. The number of hydrogen-bond donors (Lipinski definition) is 1. The van der Waals surface area contributed by atoms with Gasteiger partial charge in [-0.25, -0.2) is 0 Å². The molecule has 0 saturated heterocycles. The van der Waals surface area contributed by atoms with E-state index in [0.29, 0.717) is 15.1 Å². The van der Waals surface area contributed by atoms with E-state index in [2.05, 4.69) is 9.97 Å². The van der Waals surface area contributed by atoms with Gasteiger partial charge in [0.25, 0.3) is 0 Å². The van der Waals surface area contributed by atoms with E-state index in [1.54, 1.807) is 18.3 Å². The number of benzene rings is 1. The average Bonchev–Trinajstić information content (AvgIpc) is 2.80. The molecule has 3 rings (SSSR count). The van der Waals surface area contributed by atoms with Gasteiger partial charge < -0.3 is 4.98 Å². The number of hydrogen-bond acceptors (Lipinski definition) is 1. The number of aromatic amines is 1. The van der Waals surface area contributed by atoms with Crippen molar-refractivity contribution in [3.05, 3.63) is 51.7 Å². The van der Waals surface area contributed by atoms with Crippen LogP contribution in [0.1, 0.15) is 0 Å². The number of nitrogens with zero attached hydrogens (tertiary/aromatic N) is 1. The van der Waals surface area contributed by atoms with Gasteiger partial charge in [0, 0.05) is 28.5 Å².